The normalized spacial score (nSPS) is 11.3. The summed E-state index contributed by atoms with van der Waals surface area (Å²) in [6.45, 7) is 7.06. The van der Waals surface area contributed by atoms with Crippen LogP contribution in [0.5, 0.6) is 0 Å². The zero-order chi connectivity index (χ0) is 17.2. The third kappa shape index (κ3) is 3.95. The van der Waals surface area contributed by atoms with Crippen molar-refractivity contribution < 1.29 is 9.63 Å². The van der Waals surface area contributed by atoms with Crippen molar-refractivity contribution in [2.75, 3.05) is 5.06 Å². The minimum Gasteiger partial charge on any atom is -0.311 e. The molecule has 0 aliphatic rings. The molecule has 0 saturated carbocycles. The van der Waals surface area contributed by atoms with E-state index in [1.165, 1.54) is 12.1 Å². The number of H-pyrrole nitrogens is 1. The van der Waals surface area contributed by atoms with Gasteiger partial charge in [0, 0.05) is 11.8 Å². The standard InChI is InChI=1S/C16H19N3O4/c1-11-8-14(21)19(15(22)17-11)13-7-5-6-12(9-13)18(10-20)23-16(2,3)4/h5-10H,1-4H3,(H,17,22). The number of amides is 1. The van der Waals surface area contributed by atoms with E-state index in [0.717, 1.165) is 9.63 Å². The fourth-order valence-electron chi connectivity index (χ4n) is 2.05. The Labute approximate surface area is 133 Å². The van der Waals surface area contributed by atoms with Crippen molar-refractivity contribution >= 4 is 12.1 Å². The highest BCUT2D eigenvalue weighted by Crippen LogP contribution is 2.20. The summed E-state index contributed by atoms with van der Waals surface area (Å²) in [4.78, 5) is 43.5. The quantitative estimate of drug-likeness (QED) is 0.684. The number of aromatic nitrogens is 2. The zero-order valence-electron chi connectivity index (χ0n) is 13.5. The molecule has 0 fully saturated rings. The van der Waals surface area contributed by atoms with Gasteiger partial charge in [-0.1, -0.05) is 6.07 Å². The first kappa shape index (κ1) is 16.7. The van der Waals surface area contributed by atoms with Gasteiger partial charge in [-0.25, -0.2) is 9.36 Å². The molecule has 1 aromatic carbocycles. The maximum atomic E-state index is 12.1. The molecule has 0 aliphatic heterocycles. The predicted molar refractivity (Wildman–Crippen MR) is 86.8 cm³/mol. The summed E-state index contributed by atoms with van der Waals surface area (Å²) < 4.78 is 0.997. The van der Waals surface area contributed by atoms with Crippen LogP contribution in [0.1, 0.15) is 26.5 Å². The van der Waals surface area contributed by atoms with Crippen LogP contribution in [0.25, 0.3) is 5.69 Å². The highest BCUT2D eigenvalue weighted by atomic mass is 16.7. The molecule has 7 heteroatoms. The van der Waals surface area contributed by atoms with Crippen molar-refractivity contribution in [2.24, 2.45) is 0 Å². The molecule has 0 saturated heterocycles. The Balaban J connectivity index is 2.51. The van der Waals surface area contributed by atoms with Crippen molar-refractivity contribution in [1.82, 2.24) is 9.55 Å². The van der Waals surface area contributed by atoms with Crippen LogP contribution in [0, 0.1) is 6.92 Å². The van der Waals surface area contributed by atoms with Crippen LogP contribution < -0.4 is 16.3 Å². The number of aryl methyl sites for hydroxylation is 1. The number of hydrogen-bond acceptors (Lipinski definition) is 4. The summed E-state index contributed by atoms with van der Waals surface area (Å²) in [5, 5.41) is 1.07. The minimum atomic E-state index is -0.574. The number of nitrogens with one attached hydrogen (secondary N) is 1. The van der Waals surface area contributed by atoms with E-state index in [4.69, 9.17) is 4.84 Å². The minimum absolute atomic E-state index is 0.345. The Bertz CT molecular complexity index is 799. The van der Waals surface area contributed by atoms with Crippen LogP contribution in [0.4, 0.5) is 5.69 Å². The lowest BCUT2D eigenvalue weighted by Crippen LogP contribution is -2.35. The van der Waals surface area contributed by atoms with Crippen molar-refractivity contribution in [2.45, 2.75) is 33.3 Å². The van der Waals surface area contributed by atoms with E-state index >= 15 is 0 Å². The number of nitrogens with zero attached hydrogens (tertiary/aromatic N) is 2. The van der Waals surface area contributed by atoms with Crippen molar-refractivity contribution in [3.8, 4) is 5.69 Å². The molecule has 23 heavy (non-hydrogen) atoms. The summed E-state index contributed by atoms with van der Waals surface area (Å²) in [7, 11) is 0. The van der Waals surface area contributed by atoms with E-state index in [9.17, 15) is 14.4 Å². The van der Waals surface area contributed by atoms with E-state index in [-0.39, 0.29) is 0 Å². The third-order valence-electron chi connectivity index (χ3n) is 2.88. The lowest BCUT2D eigenvalue weighted by molar-refractivity contribution is -0.120. The van der Waals surface area contributed by atoms with E-state index in [1.54, 1.807) is 25.1 Å². The Morgan fingerprint density at radius 3 is 2.48 bits per heavy atom. The largest absolute Gasteiger partial charge is 0.333 e. The van der Waals surface area contributed by atoms with E-state index in [1.807, 2.05) is 20.8 Å². The number of hydrogen-bond donors (Lipinski definition) is 1. The van der Waals surface area contributed by atoms with Gasteiger partial charge in [-0.3, -0.25) is 14.4 Å². The first-order valence-corrected chi connectivity index (χ1v) is 7.08. The van der Waals surface area contributed by atoms with Crippen LogP contribution in [-0.2, 0) is 9.63 Å². The Morgan fingerprint density at radius 2 is 1.91 bits per heavy atom. The number of aromatic amines is 1. The molecule has 0 spiro atoms. The van der Waals surface area contributed by atoms with Gasteiger partial charge in [0.25, 0.3) is 5.56 Å². The molecule has 0 bridgehead atoms. The predicted octanol–water partition coefficient (Wildman–Crippen LogP) is 1.53. The molecule has 1 aromatic heterocycles. The van der Waals surface area contributed by atoms with Crippen LogP contribution in [0.15, 0.2) is 39.9 Å². The SMILES string of the molecule is Cc1cc(=O)n(-c2cccc(N(C=O)OC(C)(C)C)c2)c(=O)[nH]1. The van der Waals surface area contributed by atoms with Crippen LogP contribution in [-0.4, -0.2) is 21.6 Å². The number of anilines is 1. The maximum Gasteiger partial charge on any atom is 0.333 e. The fourth-order valence-corrected chi connectivity index (χ4v) is 2.05. The van der Waals surface area contributed by atoms with Gasteiger partial charge in [0.1, 0.15) is 0 Å². The molecule has 2 rings (SSSR count). The molecule has 7 nitrogen and oxygen atoms in total. The first-order chi connectivity index (χ1) is 10.7. The number of carbonyl (C=O) groups is 1. The van der Waals surface area contributed by atoms with Crippen LogP contribution in [0.3, 0.4) is 0 Å². The molecule has 1 heterocycles. The summed E-state index contributed by atoms with van der Waals surface area (Å²) in [5.74, 6) is 0. The second-order valence-corrected chi connectivity index (χ2v) is 6.09. The topological polar surface area (TPSA) is 84.4 Å². The molecule has 2 aromatic rings. The lowest BCUT2D eigenvalue weighted by Gasteiger charge is -2.26. The average molecular weight is 317 g/mol. The summed E-state index contributed by atoms with van der Waals surface area (Å²) in [6, 6.07) is 7.76. The first-order valence-electron chi connectivity index (χ1n) is 7.08. The zero-order valence-corrected chi connectivity index (χ0v) is 13.5. The highest BCUT2D eigenvalue weighted by Gasteiger charge is 2.18. The molecule has 0 aliphatic carbocycles. The molecule has 1 N–H and O–H groups in total. The molecule has 1 amide bonds. The van der Waals surface area contributed by atoms with Gasteiger partial charge in [0.15, 0.2) is 0 Å². The van der Waals surface area contributed by atoms with E-state index in [2.05, 4.69) is 4.98 Å². The van der Waals surface area contributed by atoms with Crippen molar-refractivity contribution in [3.63, 3.8) is 0 Å². The van der Waals surface area contributed by atoms with Gasteiger partial charge >= 0.3 is 5.69 Å². The lowest BCUT2D eigenvalue weighted by atomic mass is 10.2. The Hall–Kier alpha value is -2.67. The van der Waals surface area contributed by atoms with Gasteiger partial charge in [0.05, 0.1) is 17.0 Å². The summed E-state index contributed by atoms with van der Waals surface area (Å²) >= 11 is 0. The number of rotatable bonds is 4. The molecule has 0 unspecified atom stereocenters. The van der Waals surface area contributed by atoms with Crippen LogP contribution in [0.2, 0.25) is 0 Å². The number of benzene rings is 1. The van der Waals surface area contributed by atoms with Crippen molar-refractivity contribution in [1.29, 1.82) is 0 Å². The second kappa shape index (κ2) is 6.21. The number of hydroxylamine groups is 1. The molecule has 0 radical (unpaired) electrons. The summed E-state index contributed by atoms with van der Waals surface area (Å²) in [6.07, 6.45) is 0.534. The van der Waals surface area contributed by atoms with Gasteiger partial charge in [-0.15, -0.1) is 0 Å². The molecule has 0 atom stereocenters. The summed E-state index contributed by atoms with van der Waals surface area (Å²) in [5.41, 5.74) is -0.315. The van der Waals surface area contributed by atoms with Gasteiger partial charge in [-0.05, 0) is 45.9 Å². The third-order valence-corrected chi connectivity index (χ3v) is 2.88. The number of carbonyl (C=O) groups excluding carboxylic acids is 1. The molecule has 122 valence electrons. The highest BCUT2D eigenvalue weighted by molar-refractivity contribution is 5.73. The maximum absolute atomic E-state index is 12.1. The molecular weight excluding hydrogens is 298 g/mol. The van der Waals surface area contributed by atoms with Gasteiger partial charge in [0.2, 0.25) is 6.41 Å². The average Bonchev–Trinajstić information content (AvgIpc) is 2.43. The smallest absolute Gasteiger partial charge is 0.311 e. The van der Waals surface area contributed by atoms with Crippen molar-refractivity contribution in [3.05, 3.63) is 56.9 Å². The van der Waals surface area contributed by atoms with Gasteiger partial charge < -0.3 is 4.98 Å². The molecular formula is C16H19N3O4. The Kier molecular flexibility index (Phi) is 4.51. The van der Waals surface area contributed by atoms with Crippen LogP contribution >= 0.6 is 0 Å². The van der Waals surface area contributed by atoms with Gasteiger partial charge in [-0.2, -0.15) is 5.06 Å². The second-order valence-electron chi connectivity index (χ2n) is 6.09. The van der Waals surface area contributed by atoms with E-state index < -0.39 is 16.9 Å². The monoisotopic (exact) mass is 317 g/mol. The fraction of sp³-hybridized carbons (Fsp3) is 0.312. The van der Waals surface area contributed by atoms with E-state index in [0.29, 0.717) is 23.5 Å². The Morgan fingerprint density at radius 1 is 1.22 bits per heavy atom.